The molecule has 0 saturated heterocycles. The van der Waals surface area contributed by atoms with Crippen LogP contribution in [0.5, 0.6) is 0 Å². The van der Waals surface area contributed by atoms with Crippen molar-refractivity contribution in [2.24, 2.45) is 0 Å². The number of hydrogen-bond acceptors (Lipinski definition) is 2. The lowest BCUT2D eigenvalue weighted by molar-refractivity contribution is 0.0950. The summed E-state index contributed by atoms with van der Waals surface area (Å²) in [7, 11) is 0. The highest BCUT2D eigenvalue weighted by molar-refractivity contribution is 7.07. The Labute approximate surface area is 109 Å². The zero-order valence-corrected chi connectivity index (χ0v) is 10.9. The molecule has 0 bridgehead atoms. The van der Waals surface area contributed by atoms with Gasteiger partial charge in [-0.3, -0.25) is 4.79 Å². The second kappa shape index (κ2) is 5.78. The molecule has 94 valence electrons. The Morgan fingerprint density at radius 1 is 1.39 bits per heavy atom. The molecule has 0 aliphatic rings. The number of halogens is 1. The highest BCUT2D eigenvalue weighted by Gasteiger charge is 2.10. The van der Waals surface area contributed by atoms with E-state index in [0.29, 0.717) is 6.54 Å². The maximum Gasteiger partial charge on any atom is 0.254 e. The van der Waals surface area contributed by atoms with E-state index in [4.69, 9.17) is 0 Å². The summed E-state index contributed by atoms with van der Waals surface area (Å²) in [5.41, 5.74) is 2.17. The lowest BCUT2D eigenvalue weighted by Gasteiger charge is -2.06. The van der Waals surface area contributed by atoms with E-state index in [-0.39, 0.29) is 11.5 Å². The molecule has 0 aliphatic carbocycles. The van der Waals surface area contributed by atoms with Crippen LogP contribution < -0.4 is 5.32 Å². The molecule has 18 heavy (non-hydrogen) atoms. The van der Waals surface area contributed by atoms with E-state index in [1.54, 1.807) is 23.5 Å². The van der Waals surface area contributed by atoms with Gasteiger partial charge in [0, 0.05) is 6.54 Å². The van der Waals surface area contributed by atoms with E-state index in [1.807, 2.05) is 23.8 Å². The summed E-state index contributed by atoms with van der Waals surface area (Å²) in [5.74, 6) is -0.833. The van der Waals surface area contributed by atoms with Gasteiger partial charge in [-0.05, 0) is 47.9 Å². The van der Waals surface area contributed by atoms with E-state index in [1.165, 1.54) is 11.6 Å². The van der Waals surface area contributed by atoms with Crippen molar-refractivity contribution in [1.82, 2.24) is 5.32 Å². The highest BCUT2D eigenvalue weighted by atomic mass is 32.1. The molecule has 2 aromatic rings. The van der Waals surface area contributed by atoms with Crippen LogP contribution in [0.3, 0.4) is 0 Å². The minimum atomic E-state index is -0.478. The summed E-state index contributed by atoms with van der Waals surface area (Å²) in [5, 5.41) is 6.77. The van der Waals surface area contributed by atoms with Crippen LogP contribution in [0.4, 0.5) is 4.39 Å². The SMILES string of the molecule is Cc1ccc(F)c(C(=O)NCCc2ccsc2)c1. The topological polar surface area (TPSA) is 29.1 Å². The maximum absolute atomic E-state index is 13.5. The third-order valence-corrected chi connectivity index (χ3v) is 3.38. The largest absolute Gasteiger partial charge is 0.352 e. The summed E-state index contributed by atoms with van der Waals surface area (Å²) in [6.45, 7) is 2.35. The van der Waals surface area contributed by atoms with Crippen molar-refractivity contribution in [2.45, 2.75) is 13.3 Å². The van der Waals surface area contributed by atoms with E-state index in [2.05, 4.69) is 5.32 Å². The van der Waals surface area contributed by atoms with Gasteiger partial charge >= 0.3 is 0 Å². The molecule has 0 radical (unpaired) electrons. The first-order valence-corrected chi connectivity index (χ1v) is 6.66. The Hall–Kier alpha value is -1.68. The quantitative estimate of drug-likeness (QED) is 0.902. The summed E-state index contributed by atoms with van der Waals surface area (Å²) in [6, 6.07) is 6.56. The molecule has 0 atom stereocenters. The van der Waals surface area contributed by atoms with Crippen LogP contribution in [0.1, 0.15) is 21.5 Å². The number of aryl methyl sites for hydroxylation is 1. The first kappa shape index (κ1) is 12.8. The summed E-state index contributed by atoms with van der Waals surface area (Å²) in [4.78, 5) is 11.8. The molecular weight excluding hydrogens is 249 g/mol. The Balaban J connectivity index is 1.93. The molecule has 0 fully saturated rings. The van der Waals surface area contributed by atoms with Crippen molar-refractivity contribution in [3.63, 3.8) is 0 Å². The second-order valence-electron chi connectivity index (χ2n) is 4.12. The minimum Gasteiger partial charge on any atom is -0.352 e. The van der Waals surface area contributed by atoms with Crippen molar-refractivity contribution in [3.05, 3.63) is 57.5 Å². The molecule has 1 amide bonds. The van der Waals surface area contributed by atoms with Gasteiger partial charge in [-0.15, -0.1) is 0 Å². The fraction of sp³-hybridized carbons (Fsp3) is 0.214. The van der Waals surface area contributed by atoms with Crippen LogP contribution in [0.2, 0.25) is 0 Å². The molecule has 2 nitrogen and oxygen atoms in total. The standard InChI is InChI=1S/C14H14FNOS/c1-10-2-3-13(15)12(8-10)14(17)16-6-4-11-5-7-18-9-11/h2-3,5,7-9H,4,6H2,1H3,(H,16,17). The number of carbonyl (C=O) groups is 1. The van der Waals surface area contributed by atoms with Crippen molar-refractivity contribution in [3.8, 4) is 0 Å². The summed E-state index contributed by atoms with van der Waals surface area (Å²) < 4.78 is 13.5. The highest BCUT2D eigenvalue weighted by Crippen LogP contribution is 2.10. The molecule has 0 aliphatic heterocycles. The van der Waals surface area contributed by atoms with E-state index in [9.17, 15) is 9.18 Å². The second-order valence-corrected chi connectivity index (χ2v) is 4.90. The average molecular weight is 263 g/mol. The number of nitrogens with one attached hydrogen (secondary N) is 1. The van der Waals surface area contributed by atoms with Crippen LogP contribution in [-0.4, -0.2) is 12.5 Å². The van der Waals surface area contributed by atoms with Gasteiger partial charge in [-0.1, -0.05) is 11.6 Å². The molecule has 1 heterocycles. The van der Waals surface area contributed by atoms with Crippen LogP contribution in [0.25, 0.3) is 0 Å². The average Bonchev–Trinajstić information content (AvgIpc) is 2.85. The number of hydrogen-bond donors (Lipinski definition) is 1. The lowest BCUT2D eigenvalue weighted by Crippen LogP contribution is -2.26. The van der Waals surface area contributed by atoms with Gasteiger partial charge in [0.2, 0.25) is 0 Å². The van der Waals surface area contributed by atoms with Crippen LogP contribution >= 0.6 is 11.3 Å². The Kier molecular flexibility index (Phi) is 4.10. The maximum atomic E-state index is 13.5. The first-order chi connectivity index (χ1) is 8.66. The zero-order valence-electron chi connectivity index (χ0n) is 10.1. The summed E-state index contributed by atoms with van der Waals surface area (Å²) in [6.07, 6.45) is 0.767. The minimum absolute atomic E-state index is 0.111. The zero-order chi connectivity index (χ0) is 13.0. The molecule has 2 rings (SSSR count). The van der Waals surface area contributed by atoms with Crippen molar-refractivity contribution in [1.29, 1.82) is 0 Å². The van der Waals surface area contributed by atoms with Crippen molar-refractivity contribution < 1.29 is 9.18 Å². The first-order valence-electron chi connectivity index (χ1n) is 5.72. The van der Waals surface area contributed by atoms with Gasteiger partial charge in [0.1, 0.15) is 5.82 Å². The molecule has 4 heteroatoms. The molecule has 0 spiro atoms. The van der Waals surface area contributed by atoms with Gasteiger partial charge in [0.15, 0.2) is 0 Å². The smallest absolute Gasteiger partial charge is 0.254 e. The molecular formula is C14H14FNOS. The number of carbonyl (C=O) groups excluding carboxylic acids is 1. The molecule has 1 aromatic heterocycles. The molecule has 1 aromatic carbocycles. The number of rotatable bonds is 4. The molecule has 0 unspecified atom stereocenters. The summed E-state index contributed by atoms with van der Waals surface area (Å²) >= 11 is 1.63. The lowest BCUT2D eigenvalue weighted by atomic mass is 10.1. The van der Waals surface area contributed by atoms with Crippen LogP contribution in [-0.2, 0) is 6.42 Å². The normalized spacial score (nSPS) is 10.3. The Bertz CT molecular complexity index is 537. The van der Waals surface area contributed by atoms with Gasteiger partial charge < -0.3 is 5.32 Å². The molecule has 0 saturated carbocycles. The third-order valence-electron chi connectivity index (χ3n) is 2.65. The monoisotopic (exact) mass is 263 g/mol. The predicted octanol–water partition coefficient (Wildman–Crippen LogP) is 3.17. The van der Waals surface area contributed by atoms with E-state index >= 15 is 0 Å². The fourth-order valence-electron chi connectivity index (χ4n) is 1.66. The molecule has 1 N–H and O–H groups in total. The Morgan fingerprint density at radius 2 is 2.22 bits per heavy atom. The van der Waals surface area contributed by atoms with Crippen LogP contribution in [0.15, 0.2) is 35.0 Å². The predicted molar refractivity (Wildman–Crippen MR) is 71.5 cm³/mol. The van der Waals surface area contributed by atoms with Crippen molar-refractivity contribution in [2.75, 3.05) is 6.54 Å². The number of amides is 1. The van der Waals surface area contributed by atoms with Gasteiger partial charge in [-0.25, -0.2) is 4.39 Å². The van der Waals surface area contributed by atoms with E-state index < -0.39 is 5.82 Å². The van der Waals surface area contributed by atoms with Gasteiger partial charge in [-0.2, -0.15) is 11.3 Å². The Morgan fingerprint density at radius 3 is 2.94 bits per heavy atom. The fourth-order valence-corrected chi connectivity index (χ4v) is 2.37. The van der Waals surface area contributed by atoms with Gasteiger partial charge in [0.05, 0.1) is 5.56 Å². The van der Waals surface area contributed by atoms with E-state index in [0.717, 1.165) is 12.0 Å². The van der Waals surface area contributed by atoms with Gasteiger partial charge in [0.25, 0.3) is 5.91 Å². The third kappa shape index (κ3) is 3.17. The van der Waals surface area contributed by atoms with Crippen LogP contribution in [0, 0.1) is 12.7 Å². The number of benzene rings is 1. The number of thiophene rings is 1. The van der Waals surface area contributed by atoms with Crippen molar-refractivity contribution >= 4 is 17.2 Å².